The molecule has 1 aromatic rings. The van der Waals surface area contributed by atoms with E-state index in [9.17, 15) is 4.79 Å². The first-order chi connectivity index (χ1) is 9.65. The van der Waals surface area contributed by atoms with Crippen molar-refractivity contribution in [1.82, 2.24) is 10.2 Å². The van der Waals surface area contributed by atoms with Gasteiger partial charge in [-0.05, 0) is 38.4 Å². The molecule has 0 radical (unpaired) electrons. The highest BCUT2D eigenvalue weighted by Crippen LogP contribution is 2.25. The maximum absolute atomic E-state index is 12.3. The minimum Gasteiger partial charge on any atom is -0.387 e. The van der Waals surface area contributed by atoms with Crippen LogP contribution in [-0.4, -0.2) is 43.5 Å². The molecule has 0 aromatic heterocycles. The number of aryl methyl sites for hydroxylation is 1. The molecule has 1 aliphatic carbocycles. The van der Waals surface area contributed by atoms with Gasteiger partial charge in [0.1, 0.15) is 0 Å². The Bertz CT molecular complexity index is 469. The van der Waals surface area contributed by atoms with Gasteiger partial charge >= 0.3 is 0 Å². The summed E-state index contributed by atoms with van der Waals surface area (Å²) in [6.07, 6.45) is 2.62. The number of hydrogen-bond acceptors (Lipinski definition) is 3. The molecule has 1 saturated carbocycles. The lowest BCUT2D eigenvalue weighted by Gasteiger charge is -2.20. The van der Waals surface area contributed by atoms with Crippen LogP contribution >= 0.6 is 0 Å². The Balaban J connectivity index is 1.89. The first-order valence-corrected chi connectivity index (χ1v) is 7.46. The lowest BCUT2D eigenvalue weighted by molar-refractivity contribution is 0.0948. The van der Waals surface area contributed by atoms with E-state index < -0.39 is 0 Å². The second-order valence-electron chi connectivity index (χ2n) is 5.41. The highest BCUT2D eigenvalue weighted by Gasteiger charge is 2.27. The van der Waals surface area contributed by atoms with E-state index in [4.69, 9.17) is 0 Å². The number of amides is 1. The molecule has 2 rings (SSSR count). The molecule has 0 unspecified atom stereocenters. The molecule has 4 nitrogen and oxygen atoms in total. The van der Waals surface area contributed by atoms with Gasteiger partial charge in [-0.25, -0.2) is 0 Å². The van der Waals surface area contributed by atoms with Crippen LogP contribution in [0.4, 0.5) is 5.69 Å². The number of nitrogens with zero attached hydrogens (tertiary/aromatic N) is 1. The van der Waals surface area contributed by atoms with Crippen molar-refractivity contribution in [2.45, 2.75) is 32.7 Å². The lowest BCUT2D eigenvalue weighted by atomic mass is 10.1. The predicted molar refractivity (Wildman–Crippen MR) is 83.3 cm³/mol. The van der Waals surface area contributed by atoms with Crippen LogP contribution in [0.3, 0.4) is 0 Å². The van der Waals surface area contributed by atoms with Crippen LogP contribution in [0.1, 0.15) is 35.7 Å². The Kier molecular flexibility index (Phi) is 5.01. The Labute approximate surface area is 121 Å². The van der Waals surface area contributed by atoms with Gasteiger partial charge < -0.3 is 10.6 Å². The monoisotopic (exact) mass is 275 g/mol. The Morgan fingerprint density at radius 2 is 2.15 bits per heavy atom. The van der Waals surface area contributed by atoms with Gasteiger partial charge in [0.25, 0.3) is 5.91 Å². The topological polar surface area (TPSA) is 44.4 Å². The van der Waals surface area contributed by atoms with Crippen LogP contribution in [-0.2, 0) is 0 Å². The van der Waals surface area contributed by atoms with Gasteiger partial charge in [0.15, 0.2) is 0 Å². The van der Waals surface area contributed by atoms with E-state index in [0.29, 0.717) is 6.54 Å². The van der Waals surface area contributed by atoms with Gasteiger partial charge in [-0.3, -0.25) is 9.69 Å². The Hall–Kier alpha value is -1.55. The van der Waals surface area contributed by atoms with Gasteiger partial charge in [-0.15, -0.1) is 0 Å². The van der Waals surface area contributed by atoms with Crippen molar-refractivity contribution >= 4 is 11.6 Å². The first-order valence-electron chi connectivity index (χ1n) is 7.46. The molecular weight excluding hydrogens is 250 g/mol. The summed E-state index contributed by atoms with van der Waals surface area (Å²) in [6.45, 7) is 6.89. The van der Waals surface area contributed by atoms with Crippen molar-refractivity contribution in [2.75, 3.05) is 32.0 Å². The van der Waals surface area contributed by atoms with Crippen LogP contribution in [0.15, 0.2) is 18.2 Å². The molecule has 110 valence electrons. The highest BCUT2D eigenvalue weighted by atomic mass is 16.1. The molecule has 0 saturated heterocycles. The van der Waals surface area contributed by atoms with E-state index in [1.807, 2.05) is 32.2 Å². The standard InChI is InChI=1S/C16H25N3O/c1-4-19(13-6-7-13)10-9-18-16(20)14-11-12(2)5-8-15(14)17-3/h5,8,11,13,17H,4,6-7,9-10H2,1-3H3,(H,18,20). The number of hydrogen-bond donors (Lipinski definition) is 2. The minimum atomic E-state index is 0.00454. The zero-order chi connectivity index (χ0) is 14.5. The van der Waals surface area contributed by atoms with E-state index in [0.717, 1.165) is 35.9 Å². The Morgan fingerprint density at radius 3 is 2.75 bits per heavy atom. The molecule has 20 heavy (non-hydrogen) atoms. The lowest BCUT2D eigenvalue weighted by Crippen LogP contribution is -2.36. The fourth-order valence-electron chi connectivity index (χ4n) is 2.51. The van der Waals surface area contributed by atoms with E-state index >= 15 is 0 Å². The van der Waals surface area contributed by atoms with Crippen molar-refractivity contribution in [3.05, 3.63) is 29.3 Å². The van der Waals surface area contributed by atoms with Gasteiger partial charge in [0.2, 0.25) is 0 Å². The number of likely N-dealkylation sites (N-methyl/N-ethyl adjacent to an activating group) is 1. The van der Waals surface area contributed by atoms with Crippen molar-refractivity contribution in [3.8, 4) is 0 Å². The number of carbonyl (C=O) groups excluding carboxylic acids is 1. The molecule has 0 heterocycles. The first kappa shape index (κ1) is 14.9. The molecule has 2 N–H and O–H groups in total. The number of anilines is 1. The van der Waals surface area contributed by atoms with Crippen LogP contribution in [0.25, 0.3) is 0 Å². The third-order valence-electron chi connectivity index (χ3n) is 3.84. The van der Waals surface area contributed by atoms with Crippen LogP contribution in [0, 0.1) is 6.92 Å². The van der Waals surface area contributed by atoms with E-state index in [2.05, 4.69) is 22.5 Å². The van der Waals surface area contributed by atoms with Gasteiger partial charge in [-0.1, -0.05) is 18.6 Å². The number of rotatable bonds is 7. The van der Waals surface area contributed by atoms with Crippen molar-refractivity contribution in [1.29, 1.82) is 0 Å². The van der Waals surface area contributed by atoms with E-state index in [-0.39, 0.29) is 5.91 Å². The highest BCUT2D eigenvalue weighted by molar-refractivity contribution is 5.99. The molecule has 1 fully saturated rings. The average Bonchev–Trinajstić information content (AvgIpc) is 3.28. The summed E-state index contributed by atoms with van der Waals surface area (Å²) >= 11 is 0. The van der Waals surface area contributed by atoms with Gasteiger partial charge in [-0.2, -0.15) is 0 Å². The van der Waals surface area contributed by atoms with Crippen LogP contribution in [0.2, 0.25) is 0 Å². The normalized spacial score (nSPS) is 14.4. The Morgan fingerprint density at radius 1 is 1.40 bits per heavy atom. The van der Waals surface area contributed by atoms with E-state index in [1.54, 1.807) is 0 Å². The summed E-state index contributed by atoms with van der Waals surface area (Å²) in [5, 5.41) is 6.10. The van der Waals surface area contributed by atoms with Crippen LogP contribution in [0.5, 0.6) is 0 Å². The molecule has 0 spiro atoms. The molecule has 1 aromatic carbocycles. The largest absolute Gasteiger partial charge is 0.387 e. The molecule has 1 amide bonds. The molecule has 0 atom stereocenters. The number of carbonyl (C=O) groups is 1. The van der Waals surface area contributed by atoms with E-state index in [1.165, 1.54) is 12.8 Å². The number of nitrogens with one attached hydrogen (secondary N) is 2. The van der Waals surface area contributed by atoms with Crippen molar-refractivity contribution in [2.24, 2.45) is 0 Å². The van der Waals surface area contributed by atoms with Crippen molar-refractivity contribution in [3.63, 3.8) is 0 Å². The second kappa shape index (κ2) is 6.75. The number of benzene rings is 1. The summed E-state index contributed by atoms with van der Waals surface area (Å²) in [5.74, 6) is 0.00454. The zero-order valence-electron chi connectivity index (χ0n) is 12.7. The van der Waals surface area contributed by atoms with Crippen molar-refractivity contribution < 1.29 is 4.79 Å². The molecule has 4 heteroatoms. The maximum atomic E-state index is 12.3. The molecular formula is C16H25N3O. The summed E-state index contributed by atoms with van der Waals surface area (Å²) in [5.41, 5.74) is 2.70. The average molecular weight is 275 g/mol. The third kappa shape index (κ3) is 3.73. The minimum absolute atomic E-state index is 0.00454. The maximum Gasteiger partial charge on any atom is 0.253 e. The summed E-state index contributed by atoms with van der Waals surface area (Å²) < 4.78 is 0. The van der Waals surface area contributed by atoms with Crippen LogP contribution < -0.4 is 10.6 Å². The fraction of sp³-hybridized carbons (Fsp3) is 0.562. The fourth-order valence-corrected chi connectivity index (χ4v) is 2.51. The molecule has 0 bridgehead atoms. The zero-order valence-corrected chi connectivity index (χ0v) is 12.7. The second-order valence-corrected chi connectivity index (χ2v) is 5.41. The quantitative estimate of drug-likeness (QED) is 0.802. The SMILES string of the molecule is CCN(CCNC(=O)c1cc(C)ccc1NC)C1CC1. The molecule has 1 aliphatic rings. The summed E-state index contributed by atoms with van der Waals surface area (Å²) in [4.78, 5) is 14.7. The third-order valence-corrected chi connectivity index (χ3v) is 3.84. The summed E-state index contributed by atoms with van der Waals surface area (Å²) in [7, 11) is 1.84. The molecule has 0 aliphatic heterocycles. The summed E-state index contributed by atoms with van der Waals surface area (Å²) in [6, 6.07) is 6.64. The predicted octanol–water partition coefficient (Wildman–Crippen LogP) is 2.25. The smallest absolute Gasteiger partial charge is 0.253 e. The van der Waals surface area contributed by atoms with Gasteiger partial charge in [0, 0.05) is 31.9 Å². The van der Waals surface area contributed by atoms with Gasteiger partial charge in [0.05, 0.1) is 5.56 Å².